The van der Waals surface area contributed by atoms with E-state index in [9.17, 15) is 0 Å². The summed E-state index contributed by atoms with van der Waals surface area (Å²) in [6.07, 6.45) is 31.9. The van der Waals surface area contributed by atoms with Crippen molar-refractivity contribution in [2.45, 2.75) is 115 Å². The summed E-state index contributed by atoms with van der Waals surface area (Å²) in [5, 5.41) is 0. The molecule has 1 heteroatoms. The van der Waals surface area contributed by atoms with Crippen molar-refractivity contribution in [3.8, 4) is 22.3 Å². The topological polar surface area (TPSA) is 0 Å². The van der Waals surface area contributed by atoms with E-state index in [1.54, 1.807) is 11.1 Å². The summed E-state index contributed by atoms with van der Waals surface area (Å²) in [6.45, 7) is 10.5. The lowest BCUT2D eigenvalue weighted by Gasteiger charge is -2.47. The molecule has 8 rings (SSSR count). The van der Waals surface area contributed by atoms with E-state index in [0.717, 1.165) is 22.9 Å². The van der Waals surface area contributed by atoms with Crippen molar-refractivity contribution < 1.29 is 0 Å². The van der Waals surface area contributed by atoms with Crippen LogP contribution in [0, 0.1) is 35.5 Å². The van der Waals surface area contributed by atoms with Crippen molar-refractivity contribution in [1.29, 1.82) is 0 Å². The number of hydrogen-bond donors (Lipinski definition) is 0. The Labute approximate surface area is 347 Å². The molecular formula is C56H68Si. The van der Waals surface area contributed by atoms with Gasteiger partial charge in [0.15, 0.2) is 0 Å². The van der Waals surface area contributed by atoms with Crippen molar-refractivity contribution in [2.75, 3.05) is 0 Å². The van der Waals surface area contributed by atoms with Crippen LogP contribution in [-0.4, -0.2) is 8.07 Å². The molecule has 2 saturated carbocycles. The van der Waals surface area contributed by atoms with E-state index in [1.165, 1.54) is 110 Å². The predicted molar refractivity (Wildman–Crippen MR) is 251 cm³/mol. The van der Waals surface area contributed by atoms with E-state index >= 15 is 0 Å². The molecule has 0 radical (unpaired) electrons. The van der Waals surface area contributed by atoms with Gasteiger partial charge in [-0.25, -0.2) is 0 Å². The van der Waals surface area contributed by atoms with Crippen LogP contribution in [-0.2, 0) is 0 Å². The van der Waals surface area contributed by atoms with Gasteiger partial charge < -0.3 is 0 Å². The molecule has 4 aliphatic rings. The first-order chi connectivity index (χ1) is 28.0. The van der Waals surface area contributed by atoms with Gasteiger partial charge in [-0.15, -0.1) is 0 Å². The molecule has 8 unspecified atom stereocenters. The molecule has 0 spiro atoms. The molecule has 4 aliphatic carbocycles. The van der Waals surface area contributed by atoms with Crippen LogP contribution in [0.3, 0.4) is 0 Å². The maximum absolute atomic E-state index is 2.90. The molecule has 2 fully saturated rings. The highest BCUT2D eigenvalue weighted by atomic mass is 28.3. The smallest absolute Gasteiger partial charge is 0.0553 e. The maximum atomic E-state index is 2.90. The van der Waals surface area contributed by atoms with E-state index in [4.69, 9.17) is 0 Å². The molecule has 0 bridgehead atoms. The third kappa shape index (κ3) is 8.21. The molecule has 57 heavy (non-hydrogen) atoms. The van der Waals surface area contributed by atoms with Crippen molar-refractivity contribution in [1.82, 2.24) is 0 Å². The molecule has 0 aromatic heterocycles. The summed E-state index contributed by atoms with van der Waals surface area (Å²) in [5.41, 5.74) is 13.2. The van der Waals surface area contributed by atoms with Crippen molar-refractivity contribution in [3.63, 3.8) is 0 Å². The molecule has 296 valence electrons. The van der Waals surface area contributed by atoms with Gasteiger partial charge in [-0.05, 0) is 104 Å². The second kappa shape index (κ2) is 18.3. The zero-order valence-electron chi connectivity index (χ0n) is 35.5. The second-order valence-corrected chi connectivity index (χ2v) is 23.7. The van der Waals surface area contributed by atoms with Gasteiger partial charge in [0.05, 0.1) is 8.07 Å². The highest BCUT2D eigenvalue weighted by molar-refractivity contribution is 6.80. The number of benzene rings is 4. The van der Waals surface area contributed by atoms with Crippen molar-refractivity contribution in [2.24, 2.45) is 35.5 Å². The fraction of sp³-hybridized carbons (Fsp3) is 0.429. The van der Waals surface area contributed by atoms with Crippen LogP contribution >= 0.6 is 0 Å². The Balaban J connectivity index is 1.16. The van der Waals surface area contributed by atoms with Gasteiger partial charge >= 0.3 is 0 Å². The van der Waals surface area contributed by atoms with Crippen LogP contribution < -0.4 is 0 Å². The van der Waals surface area contributed by atoms with Gasteiger partial charge in [0, 0.05) is 0 Å². The molecule has 4 aromatic rings. The first-order valence-corrected chi connectivity index (χ1v) is 26.2. The van der Waals surface area contributed by atoms with Gasteiger partial charge in [0.1, 0.15) is 0 Å². The summed E-state index contributed by atoms with van der Waals surface area (Å²) >= 11 is 0. The monoisotopic (exact) mass is 769 g/mol. The van der Waals surface area contributed by atoms with Crippen LogP contribution in [0.1, 0.15) is 102 Å². The number of rotatable bonds is 16. The Morgan fingerprint density at radius 2 is 0.842 bits per heavy atom. The fourth-order valence-electron chi connectivity index (χ4n) is 12.9. The van der Waals surface area contributed by atoms with E-state index in [2.05, 4.69) is 173 Å². The highest BCUT2D eigenvalue weighted by Crippen LogP contribution is 2.66. The molecule has 0 nitrogen and oxygen atoms in total. The third-order valence-corrected chi connectivity index (χ3v) is 20.3. The van der Waals surface area contributed by atoms with E-state index < -0.39 is 8.07 Å². The number of fused-ring (bicyclic) bond motifs is 2. The summed E-state index contributed by atoms with van der Waals surface area (Å²) in [7, 11) is -1.89. The van der Waals surface area contributed by atoms with Crippen LogP contribution in [0.4, 0.5) is 0 Å². The molecule has 4 aromatic carbocycles. The van der Waals surface area contributed by atoms with Crippen LogP contribution in [0.5, 0.6) is 0 Å². The lowest BCUT2D eigenvalue weighted by Crippen LogP contribution is -2.46. The fourth-order valence-corrected chi connectivity index (χ4v) is 19.0. The average molecular weight is 769 g/mol. The Morgan fingerprint density at radius 1 is 0.456 bits per heavy atom. The van der Waals surface area contributed by atoms with Gasteiger partial charge in [-0.3, -0.25) is 0 Å². The van der Waals surface area contributed by atoms with E-state index in [0.29, 0.717) is 23.7 Å². The van der Waals surface area contributed by atoms with Gasteiger partial charge in [-0.2, -0.15) is 0 Å². The number of unbranched alkanes of at least 4 members (excludes halogenated alkanes) is 6. The Hall–Kier alpha value is -3.94. The second-order valence-electron chi connectivity index (χ2n) is 18.8. The van der Waals surface area contributed by atoms with E-state index in [1.807, 2.05) is 0 Å². The van der Waals surface area contributed by atoms with E-state index in [-0.39, 0.29) is 0 Å². The Morgan fingerprint density at radius 3 is 1.25 bits per heavy atom. The summed E-state index contributed by atoms with van der Waals surface area (Å²) in [5.74, 6) is 4.07. The first-order valence-electron chi connectivity index (χ1n) is 23.1. The average Bonchev–Trinajstić information content (AvgIpc) is 3.84. The Kier molecular flexibility index (Phi) is 12.8. The van der Waals surface area contributed by atoms with Crippen LogP contribution in [0.15, 0.2) is 146 Å². The summed E-state index contributed by atoms with van der Waals surface area (Å²) in [4.78, 5) is 0. The minimum atomic E-state index is -1.89. The molecule has 0 heterocycles. The molecular weight excluding hydrogens is 701 g/mol. The number of allylic oxidation sites excluding steroid dienone is 8. The van der Waals surface area contributed by atoms with Crippen LogP contribution in [0.2, 0.25) is 24.2 Å². The lowest BCUT2D eigenvalue weighted by molar-refractivity contribution is 0.414. The summed E-state index contributed by atoms with van der Waals surface area (Å²) < 4.78 is 0. The quantitative estimate of drug-likeness (QED) is 0.0787. The normalized spacial score (nSPS) is 26.5. The zero-order valence-corrected chi connectivity index (χ0v) is 36.5. The lowest BCUT2D eigenvalue weighted by atomic mass is 9.79. The third-order valence-electron chi connectivity index (χ3n) is 15.1. The minimum absolute atomic E-state index is 0.600. The Bertz CT molecular complexity index is 1900. The highest BCUT2D eigenvalue weighted by Gasteiger charge is 2.59. The van der Waals surface area contributed by atoms with Crippen molar-refractivity contribution >= 4 is 19.2 Å². The molecule has 0 saturated heterocycles. The minimum Gasteiger partial charge on any atom is -0.0808 e. The molecule has 0 aliphatic heterocycles. The maximum Gasteiger partial charge on any atom is 0.0553 e. The molecule has 0 amide bonds. The first kappa shape index (κ1) is 39.9. The summed E-state index contributed by atoms with van der Waals surface area (Å²) in [6, 6.07) is 40.9. The van der Waals surface area contributed by atoms with Crippen LogP contribution in [0.25, 0.3) is 33.4 Å². The SMILES string of the molecule is CCCCCCC1CC2C(c3ccccc3-c3ccccc3)=CC=CC2C1[Si](C)(C)C1C(CCCCCC)CC2C(c3ccccc3-c3ccccc3)=CC=CC21. The standard InChI is InChI=1S/C56H68Si/c1-5-7-9-13-29-43-39-53-49(47-33-21-19-31-45(47)41-25-15-11-16-26-41)35-23-37-51(53)55(43)57(3,4)56-44(30-14-10-8-6-2)40-54-50(36-24-38-52(54)56)48-34-22-20-32-46(48)42-27-17-12-18-28-42/h11-12,15-28,31-38,43-44,51-56H,5-10,13-14,29-30,39-40H2,1-4H3. The molecule has 0 N–H and O–H groups in total. The van der Waals surface area contributed by atoms with Crippen molar-refractivity contribution in [3.05, 3.63) is 157 Å². The number of hydrogen-bond acceptors (Lipinski definition) is 0. The van der Waals surface area contributed by atoms with Gasteiger partial charge in [0.2, 0.25) is 0 Å². The largest absolute Gasteiger partial charge is 0.0808 e. The zero-order chi connectivity index (χ0) is 39.2. The molecule has 8 atom stereocenters. The van der Waals surface area contributed by atoms with Gasteiger partial charge in [-0.1, -0.05) is 237 Å². The predicted octanol–water partition coefficient (Wildman–Crippen LogP) is 16.5. The van der Waals surface area contributed by atoms with Gasteiger partial charge in [0.25, 0.3) is 0 Å².